The van der Waals surface area contributed by atoms with Gasteiger partial charge in [0, 0.05) is 36.7 Å². The third-order valence-corrected chi connectivity index (χ3v) is 3.54. The van der Waals surface area contributed by atoms with Crippen LogP contribution >= 0.6 is 0 Å². The number of nitrogens with two attached hydrogens (primary N) is 1. The van der Waals surface area contributed by atoms with Gasteiger partial charge in [0.1, 0.15) is 0 Å². The molecule has 0 unspecified atom stereocenters. The summed E-state index contributed by atoms with van der Waals surface area (Å²) in [5, 5.41) is 3.51. The molecular weight excluding hydrogens is 212 g/mol. The van der Waals surface area contributed by atoms with Crippen molar-refractivity contribution in [2.24, 2.45) is 11.7 Å². The van der Waals surface area contributed by atoms with E-state index >= 15 is 0 Å². The van der Waals surface area contributed by atoms with E-state index in [0.29, 0.717) is 6.54 Å². The fourth-order valence-electron chi connectivity index (χ4n) is 2.28. The molecule has 2 heterocycles. The number of nitrogens with zero attached hydrogens (tertiary/aromatic N) is 2. The SMILES string of the molecule is CN1CCC(CNc2ccncc2CN)CC1. The molecular formula is C13H22N4. The second-order valence-electron chi connectivity index (χ2n) is 4.86. The third kappa shape index (κ3) is 3.41. The van der Waals surface area contributed by atoms with E-state index in [2.05, 4.69) is 22.2 Å². The Morgan fingerprint density at radius 2 is 2.24 bits per heavy atom. The zero-order valence-electron chi connectivity index (χ0n) is 10.5. The van der Waals surface area contributed by atoms with Crippen molar-refractivity contribution in [2.45, 2.75) is 19.4 Å². The van der Waals surface area contributed by atoms with Crippen LogP contribution in [0.5, 0.6) is 0 Å². The van der Waals surface area contributed by atoms with Gasteiger partial charge in [0.05, 0.1) is 0 Å². The predicted molar refractivity (Wildman–Crippen MR) is 70.8 cm³/mol. The molecule has 1 saturated heterocycles. The van der Waals surface area contributed by atoms with Gasteiger partial charge in [-0.3, -0.25) is 4.98 Å². The minimum atomic E-state index is 0.545. The Morgan fingerprint density at radius 1 is 1.47 bits per heavy atom. The van der Waals surface area contributed by atoms with E-state index in [1.807, 2.05) is 18.5 Å². The van der Waals surface area contributed by atoms with Gasteiger partial charge in [-0.2, -0.15) is 0 Å². The minimum Gasteiger partial charge on any atom is -0.384 e. The van der Waals surface area contributed by atoms with Gasteiger partial charge in [0.25, 0.3) is 0 Å². The van der Waals surface area contributed by atoms with Gasteiger partial charge in [-0.05, 0) is 45.0 Å². The van der Waals surface area contributed by atoms with Crippen LogP contribution in [-0.4, -0.2) is 36.6 Å². The van der Waals surface area contributed by atoms with E-state index in [9.17, 15) is 0 Å². The average molecular weight is 234 g/mol. The number of piperidine rings is 1. The molecule has 1 aromatic rings. The van der Waals surface area contributed by atoms with Crippen molar-refractivity contribution in [3.8, 4) is 0 Å². The topological polar surface area (TPSA) is 54.2 Å². The van der Waals surface area contributed by atoms with Gasteiger partial charge in [0.15, 0.2) is 0 Å². The van der Waals surface area contributed by atoms with Crippen LogP contribution in [-0.2, 0) is 6.54 Å². The van der Waals surface area contributed by atoms with Crippen LogP contribution < -0.4 is 11.1 Å². The maximum Gasteiger partial charge on any atom is 0.0416 e. The van der Waals surface area contributed by atoms with Crippen molar-refractivity contribution < 1.29 is 0 Å². The molecule has 0 saturated carbocycles. The summed E-state index contributed by atoms with van der Waals surface area (Å²) in [5.41, 5.74) is 7.93. The average Bonchev–Trinajstić information content (AvgIpc) is 2.38. The summed E-state index contributed by atoms with van der Waals surface area (Å²) in [7, 11) is 2.19. The Morgan fingerprint density at radius 3 is 2.94 bits per heavy atom. The van der Waals surface area contributed by atoms with Gasteiger partial charge >= 0.3 is 0 Å². The molecule has 1 aliphatic rings. The molecule has 1 aliphatic heterocycles. The Kier molecular flexibility index (Phi) is 4.34. The standard InChI is InChI=1S/C13H22N4/c1-17-6-3-11(4-7-17)9-16-13-2-5-15-10-12(13)8-14/h2,5,10-11H,3-4,6-9,14H2,1H3,(H,15,16). The van der Waals surface area contributed by atoms with E-state index in [1.165, 1.54) is 25.9 Å². The molecule has 0 aromatic carbocycles. The first-order valence-electron chi connectivity index (χ1n) is 6.35. The van der Waals surface area contributed by atoms with Gasteiger partial charge in [-0.25, -0.2) is 0 Å². The smallest absolute Gasteiger partial charge is 0.0416 e. The maximum absolute atomic E-state index is 5.69. The van der Waals surface area contributed by atoms with Crippen LogP contribution in [0.2, 0.25) is 0 Å². The van der Waals surface area contributed by atoms with Crippen molar-refractivity contribution >= 4 is 5.69 Å². The van der Waals surface area contributed by atoms with Crippen LogP contribution in [0.1, 0.15) is 18.4 Å². The molecule has 0 atom stereocenters. The monoisotopic (exact) mass is 234 g/mol. The second kappa shape index (κ2) is 5.98. The molecule has 1 fully saturated rings. The lowest BCUT2D eigenvalue weighted by atomic mass is 9.97. The number of likely N-dealkylation sites (tertiary alicyclic amines) is 1. The highest BCUT2D eigenvalue weighted by Gasteiger charge is 2.16. The molecule has 3 N–H and O–H groups in total. The molecule has 4 nitrogen and oxygen atoms in total. The van der Waals surface area contributed by atoms with E-state index in [1.54, 1.807) is 0 Å². The summed E-state index contributed by atoms with van der Waals surface area (Å²) in [6.45, 7) is 4.02. The first kappa shape index (κ1) is 12.3. The van der Waals surface area contributed by atoms with Gasteiger partial charge in [-0.1, -0.05) is 0 Å². The number of pyridine rings is 1. The quantitative estimate of drug-likeness (QED) is 0.824. The zero-order chi connectivity index (χ0) is 12.1. The first-order valence-corrected chi connectivity index (χ1v) is 6.35. The highest BCUT2D eigenvalue weighted by atomic mass is 15.1. The lowest BCUT2D eigenvalue weighted by molar-refractivity contribution is 0.226. The molecule has 94 valence electrons. The van der Waals surface area contributed by atoms with Crippen molar-refractivity contribution in [2.75, 3.05) is 32.0 Å². The molecule has 0 amide bonds. The largest absolute Gasteiger partial charge is 0.384 e. The highest BCUT2D eigenvalue weighted by Crippen LogP contribution is 2.18. The zero-order valence-corrected chi connectivity index (χ0v) is 10.5. The lowest BCUT2D eigenvalue weighted by Gasteiger charge is -2.29. The van der Waals surface area contributed by atoms with Crippen LogP contribution in [0.4, 0.5) is 5.69 Å². The molecule has 2 rings (SSSR count). The minimum absolute atomic E-state index is 0.545. The van der Waals surface area contributed by atoms with Gasteiger partial charge in [0.2, 0.25) is 0 Å². The summed E-state index contributed by atoms with van der Waals surface area (Å²) >= 11 is 0. The molecule has 1 aromatic heterocycles. The van der Waals surface area contributed by atoms with Gasteiger partial charge < -0.3 is 16.0 Å². The Bertz CT molecular complexity index is 345. The summed E-state index contributed by atoms with van der Waals surface area (Å²) in [6.07, 6.45) is 6.23. The van der Waals surface area contributed by atoms with E-state index in [-0.39, 0.29) is 0 Å². The lowest BCUT2D eigenvalue weighted by Crippen LogP contribution is -2.33. The van der Waals surface area contributed by atoms with Crippen molar-refractivity contribution in [3.05, 3.63) is 24.0 Å². The highest BCUT2D eigenvalue weighted by molar-refractivity contribution is 5.49. The van der Waals surface area contributed by atoms with Gasteiger partial charge in [-0.15, -0.1) is 0 Å². The number of hydrogen-bond donors (Lipinski definition) is 2. The Hall–Kier alpha value is -1.13. The Labute approximate surface area is 103 Å². The van der Waals surface area contributed by atoms with Crippen molar-refractivity contribution in [1.82, 2.24) is 9.88 Å². The van der Waals surface area contributed by atoms with E-state index < -0.39 is 0 Å². The summed E-state index contributed by atoms with van der Waals surface area (Å²) in [6, 6.07) is 2.01. The second-order valence-corrected chi connectivity index (χ2v) is 4.86. The fraction of sp³-hybridized carbons (Fsp3) is 0.615. The van der Waals surface area contributed by atoms with E-state index in [4.69, 9.17) is 5.73 Å². The summed E-state index contributed by atoms with van der Waals surface area (Å²) < 4.78 is 0. The molecule has 0 radical (unpaired) electrons. The van der Waals surface area contributed by atoms with Crippen LogP contribution in [0, 0.1) is 5.92 Å². The first-order chi connectivity index (χ1) is 8.29. The fourth-order valence-corrected chi connectivity index (χ4v) is 2.28. The summed E-state index contributed by atoms with van der Waals surface area (Å²) in [5.74, 6) is 0.782. The summed E-state index contributed by atoms with van der Waals surface area (Å²) in [4.78, 5) is 6.49. The number of rotatable bonds is 4. The molecule has 0 aliphatic carbocycles. The number of aromatic nitrogens is 1. The molecule has 0 bridgehead atoms. The maximum atomic E-state index is 5.69. The number of anilines is 1. The van der Waals surface area contributed by atoms with Crippen LogP contribution in [0.15, 0.2) is 18.5 Å². The van der Waals surface area contributed by atoms with Crippen molar-refractivity contribution in [3.63, 3.8) is 0 Å². The number of nitrogens with one attached hydrogen (secondary N) is 1. The predicted octanol–water partition coefficient (Wildman–Crippen LogP) is 1.29. The molecule has 4 heteroatoms. The molecule has 0 spiro atoms. The number of hydrogen-bond acceptors (Lipinski definition) is 4. The van der Waals surface area contributed by atoms with E-state index in [0.717, 1.165) is 23.7 Å². The van der Waals surface area contributed by atoms with Crippen LogP contribution in [0.25, 0.3) is 0 Å². The Balaban J connectivity index is 1.85. The van der Waals surface area contributed by atoms with Crippen molar-refractivity contribution in [1.29, 1.82) is 0 Å². The molecule has 17 heavy (non-hydrogen) atoms. The van der Waals surface area contributed by atoms with Crippen LogP contribution in [0.3, 0.4) is 0 Å². The normalized spacial score (nSPS) is 18.2. The third-order valence-electron chi connectivity index (χ3n) is 3.54.